The van der Waals surface area contributed by atoms with Gasteiger partial charge in [-0.1, -0.05) is 212 Å². The van der Waals surface area contributed by atoms with Crippen molar-refractivity contribution in [3.8, 4) is 44.5 Å². The van der Waals surface area contributed by atoms with Crippen LogP contribution in [-0.2, 0) is 5.41 Å². The topological polar surface area (TPSA) is 29.5 Å². The van der Waals surface area contributed by atoms with Crippen LogP contribution in [-0.4, -0.2) is 0 Å². The lowest BCUT2D eigenvalue weighted by Gasteiger charge is -2.34. The predicted octanol–water partition coefficient (Wildman–Crippen LogP) is 18.3. The number of nitrogens with zero attached hydrogens (tertiary/aromatic N) is 1. The van der Waals surface area contributed by atoms with Crippen LogP contribution < -0.4 is 4.90 Å². The highest BCUT2D eigenvalue weighted by Crippen LogP contribution is 2.58. The molecule has 13 aromatic rings. The van der Waals surface area contributed by atoms with Crippen LogP contribution in [0, 0.1) is 0 Å². The Hall–Kier alpha value is -9.18. The summed E-state index contributed by atoms with van der Waals surface area (Å²) >= 11 is 0. The first-order chi connectivity index (χ1) is 34.7. The van der Waals surface area contributed by atoms with E-state index in [0.29, 0.717) is 0 Å². The average Bonchev–Trinajstić information content (AvgIpc) is 4.11. The van der Waals surface area contributed by atoms with Gasteiger partial charge in [-0.15, -0.1) is 0 Å². The fourth-order valence-corrected chi connectivity index (χ4v) is 11.5. The van der Waals surface area contributed by atoms with Gasteiger partial charge in [-0.2, -0.15) is 0 Å². The smallest absolute Gasteiger partial charge is 0.143 e. The molecule has 0 amide bonds. The molecule has 0 saturated heterocycles. The Balaban J connectivity index is 0.891. The second-order valence-electron chi connectivity index (χ2n) is 18.3. The van der Waals surface area contributed by atoms with Crippen LogP contribution in [0.15, 0.2) is 270 Å². The Kier molecular flexibility index (Phi) is 9.11. The Morgan fingerprint density at radius 3 is 1.16 bits per heavy atom. The largest absolute Gasteiger partial charge is 0.455 e. The van der Waals surface area contributed by atoms with E-state index in [2.05, 4.69) is 241 Å². The van der Waals surface area contributed by atoms with Crippen molar-refractivity contribution < 1.29 is 8.83 Å². The molecule has 0 atom stereocenters. The number of hydrogen-bond acceptors (Lipinski definition) is 3. The van der Waals surface area contributed by atoms with E-state index >= 15 is 0 Å². The van der Waals surface area contributed by atoms with Crippen molar-refractivity contribution in [3.05, 3.63) is 283 Å². The molecule has 0 saturated carbocycles. The van der Waals surface area contributed by atoms with E-state index in [9.17, 15) is 0 Å². The third-order valence-electron chi connectivity index (χ3n) is 14.6. The zero-order valence-electron chi connectivity index (χ0n) is 38.1. The van der Waals surface area contributed by atoms with E-state index in [1.807, 2.05) is 24.3 Å². The molecule has 328 valence electrons. The molecule has 1 aliphatic carbocycles. The summed E-state index contributed by atoms with van der Waals surface area (Å²) in [6, 6.07) is 94.1. The van der Waals surface area contributed by atoms with Crippen LogP contribution in [0.1, 0.15) is 22.3 Å². The number of anilines is 3. The maximum absolute atomic E-state index is 6.48. The van der Waals surface area contributed by atoms with E-state index in [1.165, 1.54) is 38.9 Å². The monoisotopic (exact) mass is 893 g/mol. The van der Waals surface area contributed by atoms with Gasteiger partial charge in [0.05, 0.1) is 5.41 Å². The molecule has 70 heavy (non-hydrogen) atoms. The summed E-state index contributed by atoms with van der Waals surface area (Å²) in [6.07, 6.45) is 0. The van der Waals surface area contributed by atoms with Gasteiger partial charge in [0, 0.05) is 49.7 Å². The van der Waals surface area contributed by atoms with E-state index in [-0.39, 0.29) is 0 Å². The normalized spacial score (nSPS) is 12.7. The Morgan fingerprint density at radius 2 is 0.643 bits per heavy atom. The molecule has 3 heteroatoms. The van der Waals surface area contributed by atoms with Crippen molar-refractivity contribution in [1.82, 2.24) is 0 Å². The zero-order valence-corrected chi connectivity index (χ0v) is 38.1. The first-order valence-electron chi connectivity index (χ1n) is 24.0. The SMILES string of the molecule is c1ccc(C2(c3ccccc3)c3ccccc3-c3c(-c4ccc(N(c5ccc(-c6cccc7c6oc6ccccc67)cc5)c5ccc(-c6cccc7c6oc6ccccc67)cc5)cc4)cccc32)cc1. The second-order valence-corrected chi connectivity index (χ2v) is 18.3. The predicted molar refractivity (Wildman–Crippen MR) is 289 cm³/mol. The molecule has 0 bridgehead atoms. The third-order valence-corrected chi connectivity index (χ3v) is 14.6. The maximum atomic E-state index is 6.48. The molecule has 0 radical (unpaired) electrons. The van der Waals surface area contributed by atoms with Crippen LogP contribution in [0.4, 0.5) is 17.1 Å². The van der Waals surface area contributed by atoms with Crippen molar-refractivity contribution in [3.63, 3.8) is 0 Å². The lowest BCUT2D eigenvalue weighted by molar-refractivity contribution is 0.669. The van der Waals surface area contributed by atoms with Crippen LogP contribution in [0.5, 0.6) is 0 Å². The zero-order chi connectivity index (χ0) is 46.2. The minimum absolute atomic E-state index is 0.467. The minimum atomic E-state index is -0.467. The van der Waals surface area contributed by atoms with Crippen molar-refractivity contribution in [2.45, 2.75) is 5.41 Å². The molecule has 0 N–H and O–H groups in total. The van der Waals surface area contributed by atoms with Gasteiger partial charge < -0.3 is 13.7 Å². The molecule has 2 aromatic heterocycles. The summed E-state index contributed by atoms with van der Waals surface area (Å²) in [5.41, 5.74) is 20.7. The number of para-hydroxylation sites is 4. The van der Waals surface area contributed by atoms with Crippen molar-refractivity contribution >= 4 is 60.9 Å². The summed E-state index contributed by atoms with van der Waals surface area (Å²) in [7, 11) is 0. The number of rotatable bonds is 8. The molecule has 0 fully saturated rings. The standard InChI is InChI=1S/C67H43NO2/c1-3-16-47(17-4-1)67(48-18-5-2-6-19-48)60-28-10-7-22-59(60)64-52(23-15-29-61(64)67)44-32-38-49(39-33-44)68(50-40-34-45(35-41-50)53-24-13-26-57-55-20-8-11-30-62(55)69-65(53)57)51-42-36-46(37-43-51)54-25-14-27-58-56-21-9-12-31-63(56)70-66(54)58/h1-43H. The van der Waals surface area contributed by atoms with Gasteiger partial charge in [0.2, 0.25) is 0 Å². The van der Waals surface area contributed by atoms with E-state index < -0.39 is 5.41 Å². The molecule has 2 heterocycles. The van der Waals surface area contributed by atoms with Crippen LogP contribution >= 0.6 is 0 Å². The maximum Gasteiger partial charge on any atom is 0.143 e. The van der Waals surface area contributed by atoms with Gasteiger partial charge in [0.1, 0.15) is 22.3 Å². The average molecular weight is 894 g/mol. The lowest BCUT2D eigenvalue weighted by Crippen LogP contribution is -2.28. The Labute approximate surface area is 405 Å². The quantitative estimate of drug-likeness (QED) is 0.152. The summed E-state index contributed by atoms with van der Waals surface area (Å²) in [6.45, 7) is 0. The highest BCUT2D eigenvalue weighted by atomic mass is 16.3. The minimum Gasteiger partial charge on any atom is -0.455 e. The first kappa shape index (κ1) is 39.9. The van der Waals surface area contributed by atoms with Crippen molar-refractivity contribution in [2.75, 3.05) is 4.90 Å². The molecule has 1 aliphatic rings. The molecule has 11 aromatic carbocycles. The highest BCUT2D eigenvalue weighted by Gasteiger charge is 2.46. The highest BCUT2D eigenvalue weighted by molar-refractivity contribution is 6.11. The van der Waals surface area contributed by atoms with E-state index in [0.717, 1.165) is 88.8 Å². The molecule has 3 nitrogen and oxygen atoms in total. The Morgan fingerprint density at radius 1 is 0.271 bits per heavy atom. The molecular weight excluding hydrogens is 851 g/mol. The van der Waals surface area contributed by atoms with Crippen LogP contribution in [0.3, 0.4) is 0 Å². The van der Waals surface area contributed by atoms with Crippen LogP contribution in [0.25, 0.3) is 88.4 Å². The fourth-order valence-electron chi connectivity index (χ4n) is 11.5. The Bertz CT molecular complexity index is 3890. The van der Waals surface area contributed by atoms with Gasteiger partial charge in [-0.3, -0.25) is 0 Å². The number of furan rings is 2. The summed E-state index contributed by atoms with van der Waals surface area (Å²) in [5, 5.41) is 4.50. The summed E-state index contributed by atoms with van der Waals surface area (Å²) < 4.78 is 13.0. The van der Waals surface area contributed by atoms with Gasteiger partial charge >= 0.3 is 0 Å². The molecule has 0 spiro atoms. The van der Waals surface area contributed by atoms with Crippen molar-refractivity contribution in [2.24, 2.45) is 0 Å². The van der Waals surface area contributed by atoms with Gasteiger partial charge in [0.15, 0.2) is 0 Å². The van der Waals surface area contributed by atoms with Gasteiger partial charge in [0.25, 0.3) is 0 Å². The fraction of sp³-hybridized carbons (Fsp3) is 0.0149. The first-order valence-corrected chi connectivity index (χ1v) is 24.0. The van der Waals surface area contributed by atoms with E-state index in [4.69, 9.17) is 8.83 Å². The third kappa shape index (κ3) is 6.08. The molecule has 14 rings (SSSR count). The molecular formula is C67H43NO2. The second kappa shape index (κ2) is 16.0. The van der Waals surface area contributed by atoms with Gasteiger partial charge in [-0.05, 0) is 104 Å². The van der Waals surface area contributed by atoms with Crippen LogP contribution in [0.2, 0.25) is 0 Å². The lowest BCUT2D eigenvalue weighted by atomic mass is 9.67. The number of fused-ring (bicyclic) bond motifs is 9. The molecule has 0 aliphatic heterocycles. The number of hydrogen-bond donors (Lipinski definition) is 0. The summed E-state index contributed by atoms with van der Waals surface area (Å²) in [5.74, 6) is 0. The van der Waals surface area contributed by atoms with E-state index in [1.54, 1.807) is 0 Å². The van der Waals surface area contributed by atoms with Gasteiger partial charge in [-0.25, -0.2) is 0 Å². The van der Waals surface area contributed by atoms with Crippen molar-refractivity contribution in [1.29, 1.82) is 0 Å². The summed E-state index contributed by atoms with van der Waals surface area (Å²) in [4.78, 5) is 2.35. The number of benzene rings is 11. The molecule has 0 unspecified atom stereocenters.